The van der Waals surface area contributed by atoms with Gasteiger partial charge in [-0.25, -0.2) is 4.98 Å². The SMILES string of the molecule is CCCC(c1nc2ccc(-c3ccncc3)cc2c(=O)n1CC)N1C[C@H](C)C[C@H](C)C1. The molecule has 3 atom stereocenters. The van der Waals surface area contributed by atoms with Gasteiger partial charge in [-0.05, 0) is 67.0 Å². The van der Waals surface area contributed by atoms with Gasteiger partial charge in [-0.3, -0.25) is 19.2 Å². The quantitative estimate of drug-likeness (QED) is 0.545. The molecule has 164 valence electrons. The van der Waals surface area contributed by atoms with Crippen LogP contribution in [0.3, 0.4) is 0 Å². The molecular weight excluding hydrogens is 384 g/mol. The lowest BCUT2D eigenvalue weighted by molar-refractivity contribution is 0.0836. The van der Waals surface area contributed by atoms with E-state index in [0.29, 0.717) is 23.8 Å². The summed E-state index contributed by atoms with van der Waals surface area (Å²) in [6.45, 7) is 11.7. The van der Waals surface area contributed by atoms with E-state index in [1.807, 2.05) is 28.8 Å². The molecule has 0 bridgehead atoms. The van der Waals surface area contributed by atoms with Gasteiger partial charge < -0.3 is 0 Å². The van der Waals surface area contributed by atoms with E-state index in [4.69, 9.17) is 4.98 Å². The van der Waals surface area contributed by atoms with E-state index in [-0.39, 0.29) is 11.6 Å². The van der Waals surface area contributed by atoms with Crippen molar-refractivity contribution in [1.29, 1.82) is 0 Å². The monoisotopic (exact) mass is 418 g/mol. The molecule has 0 spiro atoms. The zero-order valence-electron chi connectivity index (χ0n) is 19.2. The van der Waals surface area contributed by atoms with Gasteiger partial charge in [0.05, 0.1) is 16.9 Å². The van der Waals surface area contributed by atoms with Crippen LogP contribution in [0, 0.1) is 11.8 Å². The third-order valence-corrected chi connectivity index (χ3v) is 6.51. The Balaban J connectivity index is 1.82. The summed E-state index contributed by atoms with van der Waals surface area (Å²) in [6, 6.07) is 10.2. The predicted molar refractivity (Wildman–Crippen MR) is 127 cm³/mol. The topological polar surface area (TPSA) is 51.0 Å². The van der Waals surface area contributed by atoms with E-state index in [2.05, 4.69) is 43.6 Å². The van der Waals surface area contributed by atoms with Gasteiger partial charge in [0.15, 0.2) is 0 Å². The summed E-state index contributed by atoms with van der Waals surface area (Å²) in [5.41, 5.74) is 2.94. The maximum atomic E-state index is 13.6. The maximum absolute atomic E-state index is 13.6. The molecule has 2 aromatic heterocycles. The zero-order valence-corrected chi connectivity index (χ0v) is 19.2. The van der Waals surface area contributed by atoms with Crippen LogP contribution in [-0.4, -0.2) is 32.5 Å². The average molecular weight is 419 g/mol. The Morgan fingerprint density at radius 3 is 2.39 bits per heavy atom. The number of rotatable bonds is 6. The molecule has 0 saturated carbocycles. The first kappa shape index (κ1) is 21.7. The minimum atomic E-state index is 0.0672. The summed E-state index contributed by atoms with van der Waals surface area (Å²) in [6.07, 6.45) is 6.93. The Kier molecular flexibility index (Phi) is 6.51. The fraction of sp³-hybridized carbons (Fsp3) is 0.500. The number of aromatic nitrogens is 3. The van der Waals surface area contributed by atoms with Gasteiger partial charge >= 0.3 is 0 Å². The number of hydrogen-bond acceptors (Lipinski definition) is 4. The van der Waals surface area contributed by atoms with Gasteiger partial charge in [0.25, 0.3) is 5.56 Å². The number of nitrogens with zero attached hydrogens (tertiary/aromatic N) is 4. The molecule has 0 radical (unpaired) electrons. The van der Waals surface area contributed by atoms with Crippen LogP contribution >= 0.6 is 0 Å². The first-order chi connectivity index (χ1) is 15.0. The summed E-state index contributed by atoms with van der Waals surface area (Å²) in [7, 11) is 0. The van der Waals surface area contributed by atoms with Crippen molar-refractivity contribution in [3.8, 4) is 11.1 Å². The normalized spacial score (nSPS) is 20.8. The Hall–Kier alpha value is -2.53. The highest BCUT2D eigenvalue weighted by molar-refractivity contribution is 5.83. The lowest BCUT2D eigenvalue weighted by atomic mass is 9.90. The van der Waals surface area contributed by atoms with Crippen LogP contribution in [-0.2, 0) is 6.54 Å². The van der Waals surface area contributed by atoms with Crippen LogP contribution in [0.5, 0.6) is 0 Å². The smallest absolute Gasteiger partial charge is 0.261 e. The zero-order chi connectivity index (χ0) is 22.0. The van der Waals surface area contributed by atoms with E-state index in [9.17, 15) is 4.79 Å². The molecule has 3 heterocycles. The Morgan fingerprint density at radius 1 is 1.03 bits per heavy atom. The molecule has 3 aromatic rings. The lowest BCUT2D eigenvalue weighted by Crippen LogP contribution is -2.43. The molecule has 31 heavy (non-hydrogen) atoms. The van der Waals surface area contributed by atoms with Gasteiger partial charge in [-0.1, -0.05) is 33.3 Å². The molecule has 4 rings (SSSR count). The van der Waals surface area contributed by atoms with Crippen LogP contribution in [0.15, 0.2) is 47.5 Å². The van der Waals surface area contributed by atoms with Crippen molar-refractivity contribution in [2.45, 2.75) is 59.5 Å². The molecule has 1 unspecified atom stereocenters. The second kappa shape index (κ2) is 9.31. The van der Waals surface area contributed by atoms with E-state index < -0.39 is 0 Å². The fourth-order valence-electron chi connectivity index (χ4n) is 5.24. The number of fused-ring (bicyclic) bond motifs is 1. The Labute approximate surface area is 185 Å². The number of benzene rings is 1. The van der Waals surface area contributed by atoms with E-state index in [1.54, 1.807) is 12.4 Å². The van der Waals surface area contributed by atoms with Crippen molar-refractivity contribution in [3.63, 3.8) is 0 Å². The third-order valence-electron chi connectivity index (χ3n) is 6.51. The van der Waals surface area contributed by atoms with Crippen LogP contribution < -0.4 is 5.56 Å². The van der Waals surface area contributed by atoms with Crippen molar-refractivity contribution < 1.29 is 0 Å². The number of piperidine rings is 1. The van der Waals surface area contributed by atoms with Crippen LogP contribution in [0.4, 0.5) is 0 Å². The first-order valence-corrected chi connectivity index (χ1v) is 11.7. The molecule has 5 nitrogen and oxygen atoms in total. The van der Waals surface area contributed by atoms with Gasteiger partial charge in [0.2, 0.25) is 0 Å². The number of likely N-dealkylation sites (tertiary alicyclic amines) is 1. The largest absolute Gasteiger partial charge is 0.295 e. The fourth-order valence-corrected chi connectivity index (χ4v) is 5.24. The van der Waals surface area contributed by atoms with Crippen LogP contribution in [0.2, 0.25) is 0 Å². The van der Waals surface area contributed by atoms with E-state index >= 15 is 0 Å². The Bertz CT molecular complexity index is 1080. The van der Waals surface area contributed by atoms with Crippen molar-refractivity contribution in [2.24, 2.45) is 11.8 Å². The molecule has 0 aliphatic carbocycles. The van der Waals surface area contributed by atoms with Crippen LogP contribution in [0.1, 0.15) is 58.8 Å². The minimum Gasteiger partial charge on any atom is -0.295 e. The highest BCUT2D eigenvalue weighted by Crippen LogP contribution is 2.32. The highest BCUT2D eigenvalue weighted by atomic mass is 16.1. The molecule has 0 N–H and O–H groups in total. The van der Waals surface area contributed by atoms with Gasteiger partial charge in [0.1, 0.15) is 5.82 Å². The van der Waals surface area contributed by atoms with Gasteiger partial charge in [-0.15, -0.1) is 0 Å². The molecule has 1 aliphatic rings. The standard InChI is InChI=1S/C26H34N4O/c1-5-7-24(29-16-18(3)14-19(4)17-29)25-28-23-9-8-21(20-10-12-27-13-11-20)15-22(23)26(31)30(25)6-2/h8-13,15,18-19,24H,5-7,14,16-17H2,1-4H3/t18-,19+,24?. The molecule has 1 aromatic carbocycles. The number of hydrogen-bond donors (Lipinski definition) is 0. The maximum Gasteiger partial charge on any atom is 0.261 e. The average Bonchev–Trinajstić information content (AvgIpc) is 2.77. The van der Waals surface area contributed by atoms with Crippen LogP contribution in [0.25, 0.3) is 22.0 Å². The van der Waals surface area contributed by atoms with Gasteiger partial charge in [0, 0.05) is 32.0 Å². The molecule has 1 saturated heterocycles. The second-order valence-corrected chi connectivity index (χ2v) is 9.19. The molecule has 1 fully saturated rings. The van der Waals surface area contributed by atoms with E-state index in [1.165, 1.54) is 6.42 Å². The van der Waals surface area contributed by atoms with Crippen molar-refractivity contribution in [2.75, 3.05) is 13.1 Å². The molecule has 0 amide bonds. The lowest BCUT2D eigenvalue weighted by Gasteiger charge is -2.40. The third kappa shape index (κ3) is 4.42. The summed E-state index contributed by atoms with van der Waals surface area (Å²) < 4.78 is 1.91. The van der Waals surface area contributed by atoms with Crippen molar-refractivity contribution in [3.05, 3.63) is 58.9 Å². The van der Waals surface area contributed by atoms with Gasteiger partial charge in [-0.2, -0.15) is 0 Å². The first-order valence-electron chi connectivity index (χ1n) is 11.7. The summed E-state index contributed by atoms with van der Waals surface area (Å²) in [4.78, 5) is 25.3. The van der Waals surface area contributed by atoms with E-state index in [0.717, 1.165) is 48.4 Å². The van der Waals surface area contributed by atoms with Crippen molar-refractivity contribution >= 4 is 10.9 Å². The minimum absolute atomic E-state index is 0.0672. The molecule has 1 aliphatic heterocycles. The molecular formula is C26H34N4O. The summed E-state index contributed by atoms with van der Waals surface area (Å²) >= 11 is 0. The summed E-state index contributed by atoms with van der Waals surface area (Å²) in [5, 5.41) is 0.690. The van der Waals surface area contributed by atoms with Crippen molar-refractivity contribution in [1.82, 2.24) is 19.4 Å². The number of pyridine rings is 1. The second-order valence-electron chi connectivity index (χ2n) is 9.19. The summed E-state index contributed by atoms with van der Waals surface area (Å²) in [5.74, 6) is 2.28. The Morgan fingerprint density at radius 2 is 1.74 bits per heavy atom. The molecule has 5 heteroatoms. The highest BCUT2D eigenvalue weighted by Gasteiger charge is 2.30. The predicted octanol–water partition coefficient (Wildman–Crippen LogP) is 5.30.